The molecule has 1 aliphatic rings. The highest BCUT2D eigenvalue weighted by Crippen LogP contribution is 2.23. The molecule has 0 fully saturated rings. The number of nitrogens with zero attached hydrogens (tertiary/aromatic N) is 2. The largest absolute Gasteiger partial charge is 0.326 e. The van der Waals surface area contributed by atoms with Crippen LogP contribution in [-0.4, -0.2) is 4.57 Å². The molecular formula is C8H6N2. The third kappa shape index (κ3) is 0.519. The van der Waals surface area contributed by atoms with Crippen molar-refractivity contribution in [2.75, 3.05) is 0 Å². The zero-order chi connectivity index (χ0) is 6.97. The summed E-state index contributed by atoms with van der Waals surface area (Å²) in [5.74, 6) is -0.0324. The van der Waals surface area contributed by atoms with Gasteiger partial charge >= 0.3 is 0 Å². The zero-order valence-corrected chi connectivity index (χ0v) is 5.36. The molecule has 0 N–H and O–H groups in total. The van der Waals surface area contributed by atoms with Crippen LogP contribution in [0.1, 0.15) is 11.6 Å². The van der Waals surface area contributed by atoms with Crippen LogP contribution in [0.2, 0.25) is 0 Å². The van der Waals surface area contributed by atoms with Crippen molar-refractivity contribution < 1.29 is 0 Å². The number of hydrogen-bond donors (Lipinski definition) is 0. The van der Waals surface area contributed by atoms with Gasteiger partial charge in [-0.1, -0.05) is 0 Å². The highest BCUT2D eigenvalue weighted by molar-refractivity contribution is 5.44. The van der Waals surface area contributed by atoms with Gasteiger partial charge in [0.25, 0.3) is 0 Å². The molecule has 0 amide bonds. The smallest absolute Gasteiger partial charge is 0.106 e. The van der Waals surface area contributed by atoms with Gasteiger partial charge in [0, 0.05) is 18.1 Å². The maximum Gasteiger partial charge on any atom is 0.106 e. The van der Waals surface area contributed by atoms with Crippen molar-refractivity contribution in [3.8, 4) is 6.07 Å². The Morgan fingerprint density at radius 1 is 1.60 bits per heavy atom. The fourth-order valence-corrected chi connectivity index (χ4v) is 1.19. The molecule has 0 bridgehead atoms. The molecule has 2 heterocycles. The van der Waals surface area contributed by atoms with Crippen LogP contribution in [0.15, 0.2) is 24.4 Å². The van der Waals surface area contributed by atoms with Gasteiger partial charge in [-0.05, 0) is 18.2 Å². The summed E-state index contributed by atoms with van der Waals surface area (Å²) in [5, 5.41) is 8.62. The summed E-state index contributed by atoms with van der Waals surface area (Å²) in [6, 6.07) is 6.11. The van der Waals surface area contributed by atoms with Crippen LogP contribution in [0, 0.1) is 11.3 Å². The van der Waals surface area contributed by atoms with Crippen molar-refractivity contribution in [1.29, 1.82) is 5.26 Å². The van der Waals surface area contributed by atoms with Gasteiger partial charge in [0.15, 0.2) is 0 Å². The van der Waals surface area contributed by atoms with Crippen molar-refractivity contribution in [2.24, 2.45) is 0 Å². The monoisotopic (exact) mass is 130 g/mol. The van der Waals surface area contributed by atoms with Gasteiger partial charge in [-0.25, -0.2) is 0 Å². The molecule has 10 heavy (non-hydrogen) atoms. The summed E-state index contributed by atoms with van der Waals surface area (Å²) in [6.45, 7) is 0. The Kier molecular flexibility index (Phi) is 0.925. The Bertz CT molecular complexity index is 314. The minimum Gasteiger partial charge on any atom is -0.326 e. The molecule has 1 unspecified atom stereocenters. The number of rotatable bonds is 0. The first kappa shape index (κ1) is 5.31. The van der Waals surface area contributed by atoms with Crippen molar-refractivity contribution in [3.63, 3.8) is 0 Å². The molecule has 0 saturated carbocycles. The molecule has 0 radical (unpaired) electrons. The van der Waals surface area contributed by atoms with Gasteiger partial charge in [0.2, 0.25) is 0 Å². The molecule has 1 atom stereocenters. The summed E-state index contributed by atoms with van der Waals surface area (Å²) in [4.78, 5) is 0. The number of allylic oxidation sites excluding steroid dienone is 1. The molecule has 2 nitrogen and oxygen atoms in total. The number of aromatic nitrogens is 1. The average molecular weight is 130 g/mol. The van der Waals surface area contributed by atoms with E-state index in [0.717, 1.165) is 5.69 Å². The maximum absolute atomic E-state index is 8.62. The second-order valence-electron chi connectivity index (χ2n) is 2.29. The van der Waals surface area contributed by atoms with Crippen molar-refractivity contribution in [3.05, 3.63) is 30.1 Å². The van der Waals surface area contributed by atoms with Gasteiger partial charge < -0.3 is 4.57 Å². The molecule has 0 aromatic carbocycles. The molecular weight excluding hydrogens is 124 g/mol. The van der Waals surface area contributed by atoms with Crippen LogP contribution in [0.5, 0.6) is 0 Å². The van der Waals surface area contributed by atoms with E-state index in [-0.39, 0.29) is 5.92 Å². The predicted molar refractivity (Wildman–Crippen MR) is 38.1 cm³/mol. The number of nitriles is 1. The quantitative estimate of drug-likeness (QED) is 0.524. The van der Waals surface area contributed by atoms with Gasteiger partial charge in [-0.2, -0.15) is 5.26 Å². The Hall–Kier alpha value is -1.49. The normalized spacial score (nSPS) is 20.5. The SMILES string of the molecule is N#CC1C=Cn2cccc21. The highest BCUT2D eigenvalue weighted by atomic mass is 15.0. The molecule has 0 saturated heterocycles. The molecule has 1 aromatic rings. The number of hydrogen-bond acceptors (Lipinski definition) is 1. The van der Waals surface area contributed by atoms with E-state index in [1.807, 2.05) is 35.2 Å². The first-order chi connectivity index (χ1) is 4.92. The van der Waals surface area contributed by atoms with Gasteiger partial charge in [0.05, 0.1) is 6.07 Å². The molecule has 48 valence electrons. The van der Waals surface area contributed by atoms with Crippen LogP contribution >= 0.6 is 0 Å². The predicted octanol–water partition coefficient (Wildman–Crippen LogP) is 1.58. The Labute approximate surface area is 59.0 Å². The lowest BCUT2D eigenvalue weighted by Crippen LogP contribution is -1.89. The minimum absolute atomic E-state index is 0.0324. The van der Waals surface area contributed by atoms with E-state index in [1.165, 1.54) is 0 Å². The van der Waals surface area contributed by atoms with Gasteiger partial charge in [-0.15, -0.1) is 0 Å². The first-order valence-corrected chi connectivity index (χ1v) is 3.16. The van der Waals surface area contributed by atoms with Crippen molar-refractivity contribution in [1.82, 2.24) is 4.57 Å². The molecule has 0 aliphatic carbocycles. The molecule has 2 rings (SSSR count). The third-order valence-electron chi connectivity index (χ3n) is 1.71. The fraction of sp³-hybridized carbons (Fsp3) is 0.125. The summed E-state index contributed by atoms with van der Waals surface area (Å²) in [5.41, 5.74) is 1.07. The molecule has 2 heteroatoms. The fourth-order valence-electron chi connectivity index (χ4n) is 1.19. The zero-order valence-electron chi connectivity index (χ0n) is 5.36. The summed E-state index contributed by atoms with van der Waals surface area (Å²) in [7, 11) is 0. The van der Waals surface area contributed by atoms with Gasteiger partial charge in [-0.3, -0.25) is 0 Å². The summed E-state index contributed by atoms with van der Waals surface area (Å²) in [6.07, 6.45) is 5.77. The van der Waals surface area contributed by atoms with Crippen molar-refractivity contribution in [2.45, 2.75) is 5.92 Å². The second kappa shape index (κ2) is 1.74. The van der Waals surface area contributed by atoms with Crippen LogP contribution < -0.4 is 0 Å². The summed E-state index contributed by atoms with van der Waals surface area (Å²) < 4.78 is 1.97. The van der Waals surface area contributed by atoms with Crippen LogP contribution in [0.3, 0.4) is 0 Å². The minimum atomic E-state index is -0.0324. The first-order valence-electron chi connectivity index (χ1n) is 3.16. The lowest BCUT2D eigenvalue weighted by atomic mass is 10.1. The Morgan fingerprint density at radius 3 is 3.30 bits per heavy atom. The van der Waals surface area contributed by atoms with E-state index in [9.17, 15) is 0 Å². The topological polar surface area (TPSA) is 28.7 Å². The van der Waals surface area contributed by atoms with E-state index in [2.05, 4.69) is 6.07 Å². The van der Waals surface area contributed by atoms with E-state index in [1.54, 1.807) is 0 Å². The van der Waals surface area contributed by atoms with Crippen LogP contribution in [0.4, 0.5) is 0 Å². The molecule has 1 aromatic heterocycles. The number of fused-ring (bicyclic) bond motifs is 1. The maximum atomic E-state index is 8.62. The average Bonchev–Trinajstić information content (AvgIpc) is 2.44. The lowest BCUT2D eigenvalue weighted by molar-refractivity contribution is 1.01. The van der Waals surface area contributed by atoms with E-state index in [0.29, 0.717) is 0 Å². The molecule has 1 aliphatic heterocycles. The van der Waals surface area contributed by atoms with E-state index >= 15 is 0 Å². The standard InChI is InChI=1S/C8H6N2/c9-6-7-3-5-10-4-1-2-8(7)10/h1-5,7H. The van der Waals surface area contributed by atoms with Crippen molar-refractivity contribution >= 4 is 6.20 Å². The molecule has 0 spiro atoms. The third-order valence-corrected chi connectivity index (χ3v) is 1.71. The second-order valence-corrected chi connectivity index (χ2v) is 2.29. The van der Waals surface area contributed by atoms with Gasteiger partial charge in [0.1, 0.15) is 5.92 Å². The van der Waals surface area contributed by atoms with Crippen LogP contribution in [-0.2, 0) is 0 Å². The van der Waals surface area contributed by atoms with Crippen LogP contribution in [0.25, 0.3) is 6.20 Å². The highest BCUT2D eigenvalue weighted by Gasteiger charge is 2.14. The van der Waals surface area contributed by atoms with E-state index in [4.69, 9.17) is 5.26 Å². The summed E-state index contributed by atoms with van der Waals surface area (Å²) >= 11 is 0. The van der Waals surface area contributed by atoms with E-state index < -0.39 is 0 Å². The Morgan fingerprint density at radius 2 is 2.50 bits per heavy atom. The lowest BCUT2D eigenvalue weighted by Gasteiger charge is -1.94. The Balaban J connectivity index is 2.55.